The summed E-state index contributed by atoms with van der Waals surface area (Å²) in [5.74, 6) is -0.747. The van der Waals surface area contributed by atoms with Gasteiger partial charge in [0.2, 0.25) is 0 Å². The number of aliphatic carboxylic acids is 1. The number of para-hydroxylation sites is 1. The van der Waals surface area contributed by atoms with Crippen LogP contribution < -0.4 is 4.90 Å². The van der Waals surface area contributed by atoms with Crippen molar-refractivity contribution >= 4 is 11.7 Å². The topological polar surface area (TPSA) is 40.5 Å². The zero-order valence-electron chi connectivity index (χ0n) is 11.4. The van der Waals surface area contributed by atoms with Crippen molar-refractivity contribution in [2.75, 3.05) is 4.90 Å². The lowest BCUT2D eigenvalue weighted by Crippen LogP contribution is -2.45. The molecule has 2 heterocycles. The van der Waals surface area contributed by atoms with Crippen LogP contribution in [0, 0.1) is 5.92 Å². The van der Waals surface area contributed by atoms with Crippen LogP contribution in [0.3, 0.4) is 0 Å². The lowest BCUT2D eigenvalue weighted by Gasteiger charge is -2.40. The highest BCUT2D eigenvalue weighted by Crippen LogP contribution is 2.42. The lowest BCUT2D eigenvalue weighted by molar-refractivity contribution is -0.142. The lowest BCUT2D eigenvalue weighted by atomic mass is 9.90. The fraction of sp³-hybridized carbons (Fsp3) is 0.562. The van der Waals surface area contributed by atoms with Crippen molar-refractivity contribution in [1.29, 1.82) is 0 Å². The SMILES string of the molecule is CCc1ccccc1N1C2CCC1CC(C(=O)O)C2. The molecule has 0 amide bonds. The molecule has 1 N–H and O–H groups in total. The number of hydrogen-bond donors (Lipinski definition) is 1. The summed E-state index contributed by atoms with van der Waals surface area (Å²) in [7, 11) is 0. The van der Waals surface area contributed by atoms with Gasteiger partial charge in [-0.25, -0.2) is 0 Å². The van der Waals surface area contributed by atoms with Gasteiger partial charge in [0, 0.05) is 17.8 Å². The van der Waals surface area contributed by atoms with Gasteiger partial charge in [-0.1, -0.05) is 25.1 Å². The first-order chi connectivity index (χ1) is 9.20. The second-order valence-electron chi connectivity index (χ2n) is 5.78. The van der Waals surface area contributed by atoms with E-state index in [4.69, 9.17) is 0 Å². The summed E-state index contributed by atoms with van der Waals surface area (Å²) in [6, 6.07) is 9.43. The maximum Gasteiger partial charge on any atom is 0.306 e. The third-order valence-corrected chi connectivity index (χ3v) is 4.73. The fourth-order valence-electron chi connectivity index (χ4n) is 3.83. The van der Waals surface area contributed by atoms with Gasteiger partial charge in [-0.15, -0.1) is 0 Å². The van der Waals surface area contributed by atoms with Crippen LogP contribution in [0.25, 0.3) is 0 Å². The van der Waals surface area contributed by atoms with E-state index in [1.54, 1.807) is 0 Å². The predicted molar refractivity (Wildman–Crippen MR) is 75.5 cm³/mol. The van der Waals surface area contributed by atoms with Crippen molar-refractivity contribution in [2.24, 2.45) is 5.92 Å². The number of hydrogen-bond acceptors (Lipinski definition) is 2. The van der Waals surface area contributed by atoms with E-state index in [1.807, 2.05) is 0 Å². The molecule has 2 saturated heterocycles. The number of carboxylic acid groups (broad SMARTS) is 1. The van der Waals surface area contributed by atoms with Crippen molar-refractivity contribution in [3.05, 3.63) is 29.8 Å². The van der Waals surface area contributed by atoms with Crippen LogP contribution >= 0.6 is 0 Å². The molecule has 0 aromatic heterocycles. The normalized spacial score (nSPS) is 29.5. The van der Waals surface area contributed by atoms with E-state index in [1.165, 1.54) is 11.3 Å². The maximum absolute atomic E-state index is 11.2. The van der Waals surface area contributed by atoms with E-state index < -0.39 is 5.97 Å². The highest BCUT2D eigenvalue weighted by molar-refractivity contribution is 5.71. The number of anilines is 1. The van der Waals surface area contributed by atoms with Gasteiger partial charge in [-0.3, -0.25) is 4.79 Å². The Kier molecular flexibility index (Phi) is 3.21. The monoisotopic (exact) mass is 259 g/mol. The smallest absolute Gasteiger partial charge is 0.306 e. The number of piperidine rings is 1. The van der Waals surface area contributed by atoms with Crippen molar-refractivity contribution in [3.8, 4) is 0 Å². The molecule has 2 fully saturated rings. The number of benzene rings is 1. The van der Waals surface area contributed by atoms with E-state index in [0.717, 1.165) is 32.1 Å². The second kappa shape index (κ2) is 4.87. The van der Waals surface area contributed by atoms with Crippen LogP contribution in [0.2, 0.25) is 0 Å². The summed E-state index contributed by atoms with van der Waals surface area (Å²) in [6.07, 6.45) is 4.95. The molecule has 102 valence electrons. The van der Waals surface area contributed by atoms with Gasteiger partial charge in [-0.05, 0) is 43.7 Å². The van der Waals surface area contributed by atoms with Crippen molar-refractivity contribution < 1.29 is 9.90 Å². The molecule has 3 nitrogen and oxygen atoms in total. The quantitative estimate of drug-likeness (QED) is 0.907. The predicted octanol–water partition coefficient (Wildman–Crippen LogP) is 3.08. The molecule has 2 unspecified atom stereocenters. The Hall–Kier alpha value is -1.51. The molecule has 0 saturated carbocycles. The Morgan fingerprint density at radius 3 is 2.47 bits per heavy atom. The summed E-state index contributed by atoms with van der Waals surface area (Å²) in [6.45, 7) is 2.19. The van der Waals surface area contributed by atoms with E-state index in [0.29, 0.717) is 12.1 Å². The first-order valence-corrected chi connectivity index (χ1v) is 7.29. The van der Waals surface area contributed by atoms with Crippen molar-refractivity contribution in [3.63, 3.8) is 0 Å². The highest BCUT2D eigenvalue weighted by Gasteiger charge is 2.43. The third kappa shape index (κ3) is 2.11. The van der Waals surface area contributed by atoms with Crippen LogP contribution in [-0.2, 0) is 11.2 Å². The Balaban J connectivity index is 1.89. The molecule has 2 aliphatic heterocycles. The van der Waals surface area contributed by atoms with E-state index in [-0.39, 0.29) is 5.92 Å². The number of rotatable bonds is 3. The molecule has 2 aliphatic rings. The van der Waals surface area contributed by atoms with Crippen molar-refractivity contribution in [1.82, 2.24) is 0 Å². The van der Waals surface area contributed by atoms with Crippen LogP contribution in [0.4, 0.5) is 5.69 Å². The summed E-state index contributed by atoms with van der Waals surface area (Å²) >= 11 is 0. The molecule has 2 bridgehead atoms. The molecule has 1 aromatic carbocycles. The molecule has 1 aromatic rings. The Morgan fingerprint density at radius 2 is 1.89 bits per heavy atom. The Morgan fingerprint density at radius 1 is 1.26 bits per heavy atom. The largest absolute Gasteiger partial charge is 0.481 e. The van der Waals surface area contributed by atoms with Crippen molar-refractivity contribution in [2.45, 2.75) is 51.1 Å². The number of aryl methyl sites for hydroxylation is 1. The molecular formula is C16H21NO2. The van der Waals surface area contributed by atoms with Crippen LogP contribution in [0.1, 0.15) is 38.2 Å². The van der Waals surface area contributed by atoms with Gasteiger partial charge < -0.3 is 10.0 Å². The molecule has 2 atom stereocenters. The number of carboxylic acids is 1. The molecule has 0 spiro atoms. The highest BCUT2D eigenvalue weighted by atomic mass is 16.4. The number of nitrogens with zero attached hydrogens (tertiary/aromatic N) is 1. The molecule has 3 heteroatoms. The van der Waals surface area contributed by atoms with Gasteiger partial charge in [0.25, 0.3) is 0 Å². The third-order valence-electron chi connectivity index (χ3n) is 4.73. The Bertz CT molecular complexity index is 471. The van der Waals surface area contributed by atoms with E-state index in [2.05, 4.69) is 36.1 Å². The molecule has 0 aliphatic carbocycles. The van der Waals surface area contributed by atoms with Crippen LogP contribution in [-0.4, -0.2) is 23.2 Å². The summed E-state index contributed by atoms with van der Waals surface area (Å²) < 4.78 is 0. The maximum atomic E-state index is 11.2. The first-order valence-electron chi connectivity index (χ1n) is 7.29. The second-order valence-corrected chi connectivity index (χ2v) is 5.78. The molecule has 19 heavy (non-hydrogen) atoms. The van der Waals surface area contributed by atoms with Crippen LogP contribution in [0.15, 0.2) is 24.3 Å². The molecular weight excluding hydrogens is 238 g/mol. The average molecular weight is 259 g/mol. The number of carbonyl (C=O) groups is 1. The summed E-state index contributed by atoms with van der Waals surface area (Å²) in [4.78, 5) is 13.7. The van der Waals surface area contributed by atoms with Gasteiger partial charge in [-0.2, -0.15) is 0 Å². The average Bonchev–Trinajstić information content (AvgIpc) is 2.68. The standard InChI is InChI=1S/C16H21NO2/c1-2-11-5-3-4-6-15(11)17-13-7-8-14(17)10-12(9-13)16(18)19/h3-6,12-14H,2,7-10H2,1H3,(H,18,19). The molecule has 0 radical (unpaired) electrons. The number of fused-ring (bicyclic) bond motifs is 2. The van der Waals surface area contributed by atoms with E-state index >= 15 is 0 Å². The zero-order chi connectivity index (χ0) is 13.4. The molecule has 3 rings (SSSR count). The Labute approximate surface area is 114 Å². The minimum Gasteiger partial charge on any atom is -0.481 e. The fourth-order valence-corrected chi connectivity index (χ4v) is 3.83. The van der Waals surface area contributed by atoms with Gasteiger partial charge >= 0.3 is 5.97 Å². The summed E-state index contributed by atoms with van der Waals surface area (Å²) in [5.41, 5.74) is 2.72. The van der Waals surface area contributed by atoms with Gasteiger partial charge in [0.15, 0.2) is 0 Å². The van der Waals surface area contributed by atoms with E-state index in [9.17, 15) is 9.90 Å². The summed E-state index contributed by atoms with van der Waals surface area (Å²) in [5, 5.41) is 9.24. The minimum atomic E-state index is -0.611. The zero-order valence-corrected chi connectivity index (χ0v) is 11.4. The van der Waals surface area contributed by atoms with Gasteiger partial charge in [0.1, 0.15) is 0 Å². The first kappa shape index (κ1) is 12.5. The van der Waals surface area contributed by atoms with Gasteiger partial charge in [0.05, 0.1) is 5.92 Å². The van der Waals surface area contributed by atoms with Crippen LogP contribution in [0.5, 0.6) is 0 Å². The minimum absolute atomic E-state index is 0.137.